The first-order chi connectivity index (χ1) is 7.36. The van der Waals surface area contributed by atoms with Gasteiger partial charge in [-0.1, -0.05) is 0 Å². The lowest BCUT2D eigenvalue weighted by atomic mass is 10.1. The molecule has 2 N–H and O–H groups in total. The summed E-state index contributed by atoms with van der Waals surface area (Å²) >= 11 is 2.09. The number of H-pyrrole nitrogens is 1. The van der Waals surface area contributed by atoms with Gasteiger partial charge in [0.2, 0.25) is 0 Å². The molecule has 0 fully saturated rings. The number of ether oxygens (including phenoxy) is 1. The highest BCUT2D eigenvalue weighted by Gasteiger charge is 2.31. The summed E-state index contributed by atoms with van der Waals surface area (Å²) in [7, 11) is 1.29. The van der Waals surface area contributed by atoms with Crippen molar-refractivity contribution in [2.45, 2.75) is 19.4 Å². The van der Waals surface area contributed by atoms with Crippen molar-refractivity contribution in [1.29, 1.82) is 0 Å². The number of carbonyl (C=O) groups is 2. The summed E-state index contributed by atoms with van der Waals surface area (Å²) in [6, 6.07) is 1.70. The molecule has 0 aromatic carbocycles. The first-order valence-corrected chi connectivity index (χ1v) is 5.69. The Morgan fingerprint density at radius 1 is 1.50 bits per heavy atom. The number of rotatable bonds is 3. The molecule has 0 aliphatic rings. The normalized spacial score (nSPS) is 11.0. The summed E-state index contributed by atoms with van der Waals surface area (Å²) in [6.45, 7) is 3.18. The van der Waals surface area contributed by atoms with Gasteiger partial charge < -0.3 is 15.0 Å². The van der Waals surface area contributed by atoms with E-state index < -0.39 is 11.5 Å². The van der Waals surface area contributed by atoms with Crippen LogP contribution in [-0.4, -0.2) is 29.5 Å². The molecule has 1 aromatic heterocycles. The number of carbonyl (C=O) groups excluding carboxylic acids is 2. The Kier molecular flexibility index (Phi) is 3.95. The number of hydrogen-bond donors (Lipinski definition) is 2. The summed E-state index contributed by atoms with van der Waals surface area (Å²) < 4.78 is 5.52. The van der Waals surface area contributed by atoms with E-state index in [9.17, 15) is 9.59 Å². The quantitative estimate of drug-likeness (QED) is 0.646. The van der Waals surface area contributed by atoms with Crippen LogP contribution in [0.2, 0.25) is 0 Å². The van der Waals surface area contributed by atoms with Crippen LogP contribution in [0.5, 0.6) is 0 Å². The average Bonchev–Trinajstić information content (AvgIpc) is 2.63. The third-order valence-electron chi connectivity index (χ3n) is 2.01. The highest BCUT2D eigenvalue weighted by molar-refractivity contribution is 14.1. The second-order valence-electron chi connectivity index (χ2n) is 3.80. The van der Waals surface area contributed by atoms with Crippen LogP contribution in [0.25, 0.3) is 0 Å². The Hall–Kier alpha value is -1.05. The van der Waals surface area contributed by atoms with Gasteiger partial charge in [0, 0.05) is 9.77 Å². The van der Waals surface area contributed by atoms with Crippen molar-refractivity contribution >= 4 is 34.5 Å². The monoisotopic (exact) mass is 336 g/mol. The van der Waals surface area contributed by atoms with Crippen LogP contribution < -0.4 is 5.32 Å². The molecule has 0 bridgehead atoms. The number of aromatic nitrogens is 1. The highest BCUT2D eigenvalue weighted by atomic mass is 127. The molecule has 0 saturated heterocycles. The maximum atomic E-state index is 11.7. The van der Waals surface area contributed by atoms with Crippen LogP contribution in [0.3, 0.4) is 0 Å². The van der Waals surface area contributed by atoms with Crippen LogP contribution in [0, 0.1) is 3.57 Å². The Bertz CT molecular complexity index is 412. The van der Waals surface area contributed by atoms with Crippen molar-refractivity contribution in [3.8, 4) is 0 Å². The molecule has 0 atom stereocenters. The van der Waals surface area contributed by atoms with E-state index >= 15 is 0 Å². The fourth-order valence-corrected chi connectivity index (χ4v) is 1.62. The van der Waals surface area contributed by atoms with E-state index in [1.165, 1.54) is 7.11 Å². The van der Waals surface area contributed by atoms with E-state index in [-0.39, 0.29) is 5.91 Å². The zero-order valence-electron chi connectivity index (χ0n) is 9.26. The van der Waals surface area contributed by atoms with Gasteiger partial charge in [-0.15, -0.1) is 0 Å². The van der Waals surface area contributed by atoms with Crippen molar-refractivity contribution in [2.24, 2.45) is 0 Å². The molecule has 16 heavy (non-hydrogen) atoms. The summed E-state index contributed by atoms with van der Waals surface area (Å²) in [5.41, 5.74) is -0.621. The fourth-order valence-electron chi connectivity index (χ4n) is 1.16. The zero-order chi connectivity index (χ0) is 12.3. The lowest BCUT2D eigenvalue weighted by Gasteiger charge is -2.22. The van der Waals surface area contributed by atoms with Gasteiger partial charge in [0.05, 0.1) is 7.11 Å². The number of nitrogens with one attached hydrogen (secondary N) is 2. The first kappa shape index (κ1) is 13.0. The summed E-state index contributed by atoms with van der Waals surface area (Å²) in [5.74, 6) is -0.819. The summed E-state index contributed by atoms with van der Waals surface area (Å²) in [5, 5.41) is 2.59. The average molecular weight is 336 g/mol. The number of esters is 1. The van der Waals surface area contributed by atoms with Gasteiger partial charge in [-0.3, -0.25) is 4.79 Å². The SMILES string of the molecule is COC(=O)C(C)(C)NC(=O)c1cc(I)c[nH]1. The van der Waals surface area contributed by atoms with Gasteiger partial charge >= 0.3 is 5.97 Å². The lowest BCUT2D eigenvalue weighted by molar-refractivity contribution is -0.146. The summed E-state index contributed by atoms with van der Waals surface area (Å²) in [6.07, 6.45) is 1.71. The first-order valence-electron chi connectivity index (χ1n) is 4.61. The Morgan fingerprint density at radius 2 is 2.12 bits per heavy atom. The van der Waals surface area contributed by atoms with E-state index in [4.69, 9.17) is 0 Å². The largest absolute Gasteiger partial charge is 0.467 e. The molecule has 88 valence electrons. The fraction of sp³-hybridized carbons (Fsp3) is 0.400. The van der Waals surface area contributed by atoms with Gasteiger partial charge in [-0.05, 0) is 42.5 Å². The maximum absolute atomic E-state index is 11.7. The van der Waals surface area contributed by atoms with Gasteiger partial charge in [0.1, 0.15) is 11.2 Å². The molecule has 0 aliphatic carbocycles. The minimum Gasteiger partial charge on any atom is -0.467 e. The predicted molar refractivity (Wildman–Crippen MR) is 67.1 cm³/mol. The summed E-state index contributed by atoms with van der Waals surface area (Å²) in [4.78, 5) is 25.9. The van der Waals surface area contributed by atoms with Gasteiger partial charge in [0.25, 0.3) is 5.91 Å². The molecule has 5 nitrogen and oxygen atoms in total. The van der Waals surface area contributed by atoms with Crippen molar-refractivity contribution in [3.63, 3.8) is 0 Å². The molecule has 6 heteroatoms. The topological polar surface area (TPSA) is 71.2 Å². The van der Waals surface area contributed by atoms with Crippen LogP contribution >= 0.6 is 22.6 Å². The van der Waals surface area contributed by atoms with E-state index in [0.717, 1.165) is 3.57 Å². The zero-order valence-corrected chi connectivity index (χ0v) is 11.4. The van der Waals surface area contributed by atoms with E-state index in [2.05, 4.69) is 37.6 Å². The second-order valence-corrected chi connectivity index (χ2v) is 5.05. The molecular weight excluding hydrogens is 323 g/mol. The van der Waals surface area contributed by atoms with E-state index in [1.807, 2.05) is 0 Å². The lowest BCUT2D eigenvalue weighted by Crippen LogP contribution is -2.50. The van der Waals surface area contributed by atoms with Gasteiger partial charge in [-0.25, -0.2) is 4.79 Å². The minimum atomic E-state index is -1.04. The Labute approximate surface area is 107 Å². The van der Waals surface area contributed by atoms with Crippen LogP contribution in [0.1, 0.15) is 24.3 Å². The van der Waals surface area contributed by atoms with Crippen molar-refractivity contribution in [1.82, 2.24) is 10.3 Å². The molecule has 0 unspecified atom stereocenters. The number of halogens is 1. The molecule has 0 aliphatic heterocycles. The third-order valence-corrected chi connectivity index (χ3v) is 2.64. The standard InChI is InChI=1S/C10H13IN2O3/c1-10(2,9(15)16-3)13-8(14)7-4-6(11)5-12-7/h4-5,12H,1-3H3,(H,13,14). The second kappa shape index (κ2) is 4.86. The predicted octanol–water partition coefficient (Wildman–Crippen LogP) is 1.30. The van der Waals surface area contributed by atoms with Crippen molar-refractivity contribution < 1.29 is 14.3 Å². The van der Waals surface area contributed by atoms with E-state index in [0.29, 0.717) is 5.69 Å². The number of hydrogen-bond acceptors (Lipinski definition) is 3. The molecule has 1 aromatic rings. The Morgan fingerprint density at radius 3 is 2.56 bits per heavy atom. The van der Waals surface area contributed by atoms with Crippen LogP contribution in [-0.2, 0) is 9.53 Å². The Balaban J connectivity index is 2.75. The highest BCUT2D eigenvalue weighted by Crippen LogP contribution is 2.09. The molecule has 1 amide bonds. The number of aromatic amines is 1. The van der Waals surface area contributed by atoms with Crippen molar-refractivity contribution in [2.75, 3.05) is 7.11 Å². The molecule has 0 saturated carbocycles. The van der Waals surface area contributed by atoms with Crippen molar-refractivity contribution in [3.05, 3.63) is 21.5 Å². The number of methoxy groups -OCH3 is 1. The van der Waals surface area contributed by atoms with Crippen LogP contribution in [0.4, 0.5) is 0 Å². The minimum absolute atomic E-state index is 0.335. The van der Waals surface area contributed by atoms with E-state index in [1.54, 1.807) is 26.1 Å². The maximum Gasteiger partial charge on any atom is 0.330 e. The van der Waals surface area contributed by atoms with Gasteiger partial charge in [-0.2, -0.15) is 0 Å². The smallest absolute Gasteiger partial charge is 0.330 e. The molecule has 1 heterocycles. The number of amides is 1. The van der Waals surface area contributed by atoms with Crippen LogP contribution in [0.15, 0.2) is 12.3 Å². The van der Waals surface area contributed by atoms with Gasteiger partial charge in [0.15, 0.2) is 0 Å². The molecule has 1 rings (SSSR count). The molecular formula is C10H13IN2O3. The molecule has 0 spiro atoms. The third kappa shape index (κ3) is 2.97. The molecule has 0 radical (unpaired) electrons.